The van der Waals surface area contributed by atoms with E-state index >= 15 is 0 Å². The third-order valence-electron chi connectivity index (χ3n) is 4.27. The summed E-state index contributed by atoms with van der Waals surface area (Å²) < 4.78 is 23.3. The lowest BCUT2D eigenvalue weighted by molar-refractivity contribution is -0.200. The van der Waals surface area contributed by atoms with E-state index in [0.29, 0.717) is 0 Å². The molecule has 0 unspecified atom stereocenters. The fraction of sp³-hybridized carbons (Fsp3) is 0.875. The van der Waals surface area contributed by atoms with E-state index in [1.807, 2.05) is 0 Å². The van der Waals surface area contributed by atoms with Crippen LogP contribution in [-0.4, -0.2) is 42.3 Å². The number of rotatable bonds is 7. The monoisotopic (exact) mass is 316 g/mol. The molecule has 1 aliphatic rings. The minimum absolute atomic E-state index is 0.0765. The van der Waals surface area contributed by atoms with Crippen molar-refractivity contribution in [2.75, 3.05) is 21.3 Å². The first-order chi connectivity index (χ1) is 9.81. The van der Waals surface area contributed by atoms with Gasteiger partial charge in [0.25, 0.3) is 0 Å². The van der Waals surface area contributed by atoms with E-state index in [1.165, 1.54) is 18.4 Å². The Kier molecular flexibility index (Phi) is 7.07. The van der Waals surface area contributed by atoms with Crippen LogP contribution >= 0.6 is 0 Å². The second-order valence-electron chi connectivity index (χ2n) is 6.59. The first-order valence-electron chi connectivity index (χ1n) is 7.76. The van der Waals surface area contributed by atoms with Crippen LogP contribution in [0.15, 0.2) is 11.6 Å². The highest BCUT2D eigenvalue weighted by molar-refractivity contribution is 6.64. The Morgan fingerprint density at radius 1 is 1.14 bits per heavy atom. The summed E-state index contributed by atoms with van der Waals surface area (Å²) in [7, 11) is 3.04. The molecule has 1 aliphatic carbocycles. The summed E-state index contributed by atoms with van der Waals surface area (Å²) in [6.07, 6.45) is 6.45. The molecule has 1 rings (SSSR count). The van der Waals surface area contributed by atoms with Crippen LogP contribution in [0.1, 0.15) is 39.5 Å². The molecule has 0 N–H and O–H groups in total. The van der Waals surface area contributed by atoms with Crippen molar-refractivity contribution in [2.24, 2.45) is 5.41 Å². The first-order valence-corrected chi connectivity index (χ1v) is 10.6. The van der Waals surface area contributed by atoms with Crippen molar-refractivity contribution in [3.63, 3.8) is 0 Å². The van der Waals surface area contributed by atoms with Gasteiger partial charge in [-0.15, -0.1) is 0 Å². The second-order valence-corrected chi connectivity index (χ2v) is 10.0. The standard InChI is InChI=1S/C16H32O4Si/c1-13(2)12-16(15(17-3)18-4)11-9-8-10-14(16)20-21(6,7)19-5/h12,14-15H,8-11H2,1-7H3/t14-,16+/m0/s1. The minimum atomic E-state index is -2.12. The third-order valence-corrected chi connectivity index (χ3v) is 6.10. The molecule has 124 valence electrons. The van der Waals surface area contributed by atoms with Crippen LogP contribution in [0.3, 0.4) is 0 Å². The quantitative estimate of drug-likeness (QED) is 0.406. The number of methoxy groups -OCH3 is 2. The predicted molar refractivity (Wildman–Crippen MR) is 87.5 cm³/mol. The molecule has 0 amide bonds. The lowest BCUT2D eigenvalue weighted by atomic mass is 9.70. The van der Waals surface area contributed by atoms with Gasteiger partial charge in [0.1, 0.15) is 0 Å². The molecule has 1 fully saturated rings. The SMILES string of the molecule is COC(OC)[C@@]1(C=C(C)C)CCCC[C@@H]1O[Si](C)(C)OC. The lowest BCUT2D eigenvalue weighted by Crippen LogP contribution is -2.53. The van der Waals surface area contributed by atoms with Gasteiger partial charge < -0.3 is 18.3 Å². The second kappa shape index (κ2) is 7.88. The molecule has 0 radical (unpaired) electrons. The van der Waals surface area contributed by atoms with Gasteiger partial charge in [0.05, 0.1) is 11.5 Å². The van der Waals surface area contributed by atoms with Gasteiger partial charge in [-0.05, 0) is 39.8 Å². The molecule has 0 saturated heterocycles. The van der Waals surface area contributed by atoms with E-state index in [1.54, 1.807) is 21.3 Å². The smallest absolute Gasteiger partial charge is 0.331 e. The maximum atomic E-state index is 6.44. The normalized spacial score (nSPS) is 27.0. The van der Waals surface area contributed by atoms with Crippen molar-refractivity contribution >= 4 is 8.56 Å². The molecule has 0 bridgehead atoms. The van der Waals surface area contributed by atoms with Gasteiger partial charge in [-0.2, -0.15) is 0 Å². The van der Waals surface area contributed by atoms with Crippen molar-refractivity contribution in [3.8, 4) is 0 Å². The molecule has 1 saturated carbocycles. The van der Waals surface area contributed by atoms with Crippen molar-refractivity contribution in [3.05, 3.63) is 11.6 Å². The maximum absolute atomic E-state index is 6.44. The number of allylic oxidation sites excluding steroid dienone is 1. The summed E-state index contributed by atoms with van der Waals surface area (Å²) in [6.45, 7) is 8.41. The van der Waals surface area contributed by atoms with Crippen LogP contribution in [-0.2, 0) is 18.3 Å². The van der Waals surface area contributed by atoms with E-state index in [4.69, 9.17) is 18.3 Å². The maximum Gasteiger partial charge on any atom is 0.331 e. The minimum Gasteiger partial charge on any atom is -0.398 e. The summed E-state index contributed by atoms with van der Waals surface area (Å²) in [5.41, 5.74) is 1.03. The van der Waals surface area contributed by atoms with E-state index < -0.39 is 8.56 Å². The number of hydrogen-bond acceptors (Lipinski definition) is 4. The van der Waals surface area contributed by atoms with E-state index in [-0.39, 0.29) is 17.8 Å². The van der Waals surface area contributed by atoms with Crippen LogP contribution in [0.4, 0.5) is 0 Å². The van der Waals surface area contributed by atoms with Crippen LogP contribution in [0, 0.1) is 5.41 Å². The Hall–Kier alpha value is -0.203. The van der Waals surface area contributed by atoms with Gasteiger partial charge in [-0.1, -0.05) is 24.5 Å². The van der Waals surface area contributed by atoms with Gasteiger partial charge in [0, 0.05) is 21.3 Å². The summed E-state index contributed by atoms with van der Waals surface area (Å²) in [6, 6.07) is 0. The molecular weight excluding hydrogens is 284 g/mol. The van der Waals surface area contributed by atoms with E-state index in [0.717, 1.165) is 12.8 Å². The first kappa shape index (κ1) is 18.8. The third kappa shape index (κ3) is 4.63. The highest BCUT2D eigenvalue weighted by atomic mass is 28.4. The Morgan fingerprint density at radius 2 is 1.76 bits per heavy atom. The van der Waals surface area contributed by atoms with Crippen molar-refractivity contribution in [1.29, 1.82) is 0 Å². The number of ether oxygens (including phenoxy) is 2. The summed E-state index contributed by atoms with van der Waals surface area (Å²) in [5.74, 6) is 0. The highest BCUT2D eigenvalue weighted by Crippen LogP contribution is 2.45. The molecule has 0 heterocycles. The zero-order chi connectivity index (χ0) is 16.1. The van der Waals surface area contributed by atoms with Crippen LogP contribution < -0.4 is 0 Å². The molecule has 0 aromatic rings. The summed E-state index contributed by atoms with van der Waals surface area (Å²) in [5, 5.41) is 0. The van der Waals surface area contributed by atoms with Gasteiger partial charge in [0.15, 0.2) is 6.29 Å². The van der Waals surface area contributed by atoms with Crippen molar-refractivity contribution in [1.82, 2.24) is 0 Å². The van der Waals surface area contributed by atoms with Crippen LogP contribution in [0.25, 0.3) is 0 Å². The number of hydrogen-bond donors (Lipinski definition) is 0. The molecule has 0 aromatic carbocycles. The van der Waals surface area contributed by atoms with Gasteiger partial charge >= 0.3 is 8.56 Å². The van der Waals surface area contributed by atoms with Crippen molar-refractivity contribution in [2.45, 2.75) is 65.0 Å². The average molecular weight is 317 g/mol. The molecule has 0 aromatic heterocycles. The Labute approximate surface area is 131 Å². The van der Waals surface area contributed by atoms with Crippen molar-refractivity contribution < 1.29 is 18.3 Å². The Bertz CT molecular complexity index is 348. The summed E-state index contributed by atoms with van der Waals surface area (Å²) >= 11 is 0. The Morgan fingerprint density at radius 3 is 2.24 bits per heavy atom. The molecule has 21 heavy (non-hydrogen) atoms. The van der Waals surface area contributed by atoms with Crippen LogP contribution in [0.5, 0.6) is 0 Å². The molecule has 0 spiro atoms. The highest BCUT2D eigenvalue weighted by Gasteiger charge is 2.49. The average Bonchev–Trinajstić information content (AvgIpc) is 2.42. The van der Waals surface area contributed by atoms with E-state index in [9.17, 15) is 0 Å². The molecule has 5 heteroatoms. The van der Waals surface area contributed by atoms with Gasteiger partial charge in [-0.25, -0.2) is 0 Å². The zero-order valence-corrected chi connectivity index (χ0v) is 15.7. The largest absolute Gasteiger partial charge is 0.398 e. The van der Waals surface area contributed by atoms with Crippen LogP contribution in [0.2, 0.25) is 13.1 Å². The fourth-order valence-corrected chi connectivity index (χ4v) is 4.44. The molecule has 2 atom stereocenters. The van der Waals surface area contributed by atoms with Gasteiger partial charge in [-0.3, -0.25) is 0 Å². The summed E-state index contributed by atoms with van der Waals surface area (Å²) in [4.78, 5) is 0. The molecule has 4 nitrogen and oxygen atoms in total. The fourth-order valence-electron chi connectivity index (χ4n) is 3.33. The van der Waals surface area contributed by atoms with E-state index in [2.05, 4.69) is 33.0 Å². The topological polar surface area (TPSA) is 36.9 Å². The molecule has 0 aliphatic heterocycles. The Balaban J connectivity index is 3.18. The lowest BCUT2D eigenvalue weighted by Gasteiger charge is -2.47. The molecular formula is C16H32O4Si. The predicted octanol–water partition coefficient (Wildman–Crippen LogP) is 3.87. The zero-order valence-electron chi connectivity index (χ0n) is 14.7. The van der Waals surface area contributed by atoms with Gasteiger partial charge in [0.2, 0.25) is 0 Å².